The molecule has 2 aromatic heterocycles. The average molecular weight is 342 g/mol. The summed E-state index contributed by atoms with van der Waals surface area (Å²) in [5, 5.41) is 8.73. The van der Waals surface area contributed by atoms with Crippen molar-refractivity contribution in [1.82, 2.24) is 24.6 Å². The van der Waals surface area contributed by atoms with Crippen LogP contribution in [0.5, 0.6) is 0 Å². The van der Waals surface area contributed by atoms with Crippen LogP contribution < -0.4 is 10.5 Å². The molecule has 0 radical (unpaired) electrons. The highest BCUT2D eigenvalue weighted by molar-refractivity contribution is 5.42. The molecule has 0 unspecified atom stereocenters. The molecule has 0 spiro atoms. The number of aromatic nitrogens is 4. The maximum absolute atomic E-state index is 11.7. The Labute approximate surface area is 148 Å². The van der Waals surface area contributed by atoms with Crippen molar-refractivity contribution in [3.63, 3.8) is 0 Å². The van der Waals surface area contributed by atoms with Gasteiger partial charge in [-0.25, -0.2) is 0 Å². The van der Waals surface area contributed by atoms with E-state index in [4.69, 9.17) is 0 Å². The fourth-order valence-corrected chi connectivity index (χ4v) is 2.82. The van der Waals surface area contributed by atoms with Crippen LogP contribution in [0.25, 0.3) is 0 Å². The van der Waals surface area contributed by atoms with Gasteiger partial charge in [0.05, 0.1) is 11.9 Å². The van der Waals surface area contributed by atoms with E-state index in [1.54, 1.807) is 17.0 Å². The van der Waals surface area contributed by atoms with Crippen LogP contribution in [0.15, 0.2) is 35.5 Å². The summed E-state index contributed by atoms with van der Waals surface area (Å²) in [7, 11) is 2.10. The molecule has 2 aromatic rings. The molecule has 3 rings (SSSR count). The second kappa shape index (κ2) is 6.92. The first-order valence-corrected chi connectivity index (χ1v) is 8.64. The molecule has 134 valence electrons. The van der Waals surface area contributed by atoms with Crippen molar-refractivity contribution in [3.8, 4) is 0 Å². The minimum Gasteiger partial charge on any atom is -0.352 e. The van der Waals surface area contributed by atoms with Crippen LogP contribution in [0, 0.1) is 0 Å². The van der Waals surface area contributed by atoms with Crippen LogP contribution in [0.4, 0.5) is 5.82 Å². The molecule has 7 nitrogen and oxygen atoms in total. The summed E-state index contributed by atoms with van der Waals surface area (Å²) in [5.41, 5.74) is 0.974. The largest absolute Gasteiger partial charge is 0.352 e. The Balaban J connectivity index is 1.50. The van der Waals surface area contributed by atoms with Gasteiger partial charge in [0, 0.05) is 50.0 Å². The van der Waals surface area contributed by atoms with Crippen molar-refractivity contribution in [2.24, 2.45) is 0 Å². The molecule has 0 amide bonds. The van der Waals surface area contributed by atoms with Crippen LogP contribution in [-0.2, 0) is 12.0 Å². The molecule has 1 aliphatic heterocycles. The van der Waals surface area contributed by atoms with Gasteiger partial charge in [0.15, 0.2) is 5.82 Å². The van der Waals surface area contributed by atoms with Gasteiger partial charge < -0.3 is 9.47 Å². The molecule has 0 aromatic carbocycles. The number of nitrogens with zero attached hydrogens (tertiary/aromatic N) is 6. The zero-order valence-corrected chi connectivity index (χ0v) is 15.4. The van der Waals surface area contributed by atoms with Gasteiger partial charge in [-0.3, -0.25) is 14.7 Å². The van der Waals surface area contributed by atoms with Crippen LogP contribution in [0.2, 0.25) is 0 Å². The summed E-state index contributed by atoms with van der Waals surface area (Å²) in [6.45, 7) is 9.79. The molecule has 1 fully saturated rings. The topological polar surface area (TPSA) is 67.2 Å². The minimum absolute atomic E-state index is 0.0221. The second-order valence-electron chi connectivity index (χ2n) is 7.67. The first-order chi connectivity index (χ1) is 11.8. The minimum atomic E-state index is -0.0552. The average Bonchev–Trinajstić information content (AvgIpc) is 2.52. The summed E-state index contributed by atoms with van der Waals surface area (Å²) in [6, 6.07) is 4.59. The lowest BCUT2D eigenvalue weighted by atomic mass is 9.92. The fourth-order valence-electron chi connectivity index (χ4n) is 2.82. The summed E-state index contributed by atoms with van der Waals surface area (Å²) < 4.78 is 1.69. The zero-order valence-electron chi connectivity index (χ0n) is 15.4. The monoisotopic (exact) mass is 342 g/mol. The highest BCUT2D eigenvalue weighted by atomic mass is 16.1. The predicted molar refractivity (Wildman–Crippen MR) is 97.9 cm³/mol. The first-order valence-electron chi connectivity index (χ1n) is 8.64. The Bertz CT molecular complexity index is 758. The molecule has 7 heteroatoms. The molecule has 25 heavy (non-hydrogen) atoms. The second-order valence-corrected chi connectivity index (χ2v) is 7.67. The van der Waals surface area contributed by atoms with Crippen LogP contribution in [0.3, 0.4) is 0 Å². The Morgan fingerprint density at radius 3 is 2.60 bits per heavy atom. The van der Waals surface area contributed by atoms with E-state index in [9.17, 15) is 4.79 Å². The predicted octanol–water partition coefficient (Wildman–Crippen LogP) is 1.15. The van der Waals surface area contributed by atoms with Crippen molar-refractivity contribution < 1.29 is 0 Å². The van der Waals surface area contributed by atoms with Crippen LogP contribution in [-0.4, -0.2) is 57.4 Å². The number of hydrogen-bond acceptors (Lipinski definition) is 6. The lowest BCUT2D eigenvalue weighted by Gasteiger charge is -2.44. The highest BCUT2D eigenvalue weighted by Crippen LogP contribution is 2.24. The molecule has 0 bridgehead atoms. The summed E-state index contributed by atoms with van der Waals surface area (Å²) >= 11 is 0. The molecular weight excluding hydrogens is 316 g/mol. The number of rotatable bonds is 5. The number of anilines is 1. The normalized spacial score (nSPS) is 15.5. The maximum atomic E-state index is 11.7. The molecular formula is C18H26N6O. The molecule has 1 aliphatic rings. The summed E-state index contributed by atoms with van der Waals surface area (Å²) in [6.07, 6.45) is 4.73. The van der Waals surface area contributed by atoms with Crippen molar-refractivity contribution in [1.29, 1.82) is 0 Å². The molecule has 0 N–H and O–H groups in total. The van der Waals surface area contributed by atoms with E-state index < -0.39 is 0 Å². The SMILES string of the molecule is CN(CCn1ccncc1=O)C1CN(c2ccc(C(C)(C)C)nn2)C1. The Hall–Kier alpha value is -2.28. The molecule has 0 atom stereocenters. The van der Waals surface area contributed by atoms with E-state index in [1.807, 2.05) is 0 Å². The van der Waals surface area contributed by atoms with Gasteiger partial charge in [-0.1, -0.05) is 20.8 Å². The van der Waals surface area contributed by atoms with Gasteiger partial charge in [-0.2, -0.15) is 5.10 Å². The van der Waals surface area contributed by atoms with Crippen LogP contribution in [0.1, 0.15) is 26.5 Å². The quantitative estimate of drug-likeness (QED) is 0.812. The third-order valence-corrected chi connectivity index (χ3v) is 4.72. The highest BCUT2D eigenvalue weighted by Gasteiger charge is 2.31. The number of hydrogen-bond donors (Lipinski definition) is 0. The van der Waals surface area contributed by atoms with Gasteiger partial charge in [-0.15, -0.1) is 5.10 Å². The van der Waals surface area contributed by atoms with Crippen molar-refractivity contribution in [2.75, 3.05) is 31.6 Å². The van der Waals surface area contributed by atoms with E-state index in [2.05, 4.69) is 64.9 Å². The van der Waals surface area contributed by atoms with E-state index in [0.29, 0.717) is 12.6 Å². The molecule has 0 aliphatic carbocycles. The van der Waals surface area contributed by atoms with Gasteiger partial charge in [0.25, 0.3) is 5.56 Å². The van der Waals surface area contributed by atoms with Gasteiger partial charge in [-0.05, 0) is 19.2 Å². The van der Waals surface area contributed by atoms with E-state index in [-0.39, 0.29) is 11.0 Å². The van der Waals surface area contributed by atoms with E-state index >= 15 is 0 Å². The van der Waals surface area contributed by atoms with Gasteiger partial charge >= 0.3 is 0 Å². The first kappa shape index (κ1) is 17.5. The van der Waals surface area contributed by atoms with Gasteiger partial charge in [0.2, 0.25) is 0 Å². The molecule has 3 heterocycles. The van der Waals surface area contributed by atoms with E-state index in [1.165, 1.54) is 6.20 Å². The lowest BCUT2D eigenvalue weighted by molar-refractivity contribution is 0.197. The van der Waals surface area contributed by atoms with Crippen LogP contribution >= 0.6 is 0 Å². The maximum Gasteiger partial charge on any atom is 0.269 e. The third-order valence-electron chi connectivity index (χ3n) is 4.72. The third kappa shape index (κ3) is 4.04. The summed E-state index contributed by atoms with van der Waals surface area (Å²) in [5.74, 6) is 0.933. The Morgan fingerprint density at radius 1 is 1.24 bits per heavy atom. The smallest absolute Gasteiger partial charge is 0.269 e. The lowest BCUT2D eigenvalue weighted by Crippen LogP contribution is -2.59. The number of likely N-dealkylation sites (N-methyl/N-ethyl adjacent to an activating group) is 1. The van der Waals surface area contributed by atoms with Crippen molar-refractivity contribution in [3.05, 3.63) is 46.8 Å². The summed E-state index contributed by atoms with van der Waals surface area (Å²) in [4.78, 5) is 20.0. The Kier molecular flexibility index (Phi) is 4.85. The Morgan fingerprint density at radius 2 is 2.00 bits per heavy atom. The van der Waals surface area contributed by atoms with Gasteiger partial charge in [0.1, 0.15) is 0 Å². The molecule has 1 saturated heterocycles. The van der Waals surface area contributed by atoms with Crippen molar-refractivity contribution >= 4 is 5.82 Å². The standard InChI is InChI=1S/C18H26N6O/c1-18(2,3)15-5-6-16(21-20-15)24-12-14(13-24)22(4)9-10-23-8-7-19-11-17(23)25/h5-8,11,14H,9-10,12-13H2,1-4H3. The fraction of sp³-hybridized carbons (Fsp3) is 0.556. The van der Waals surface area contributed by atoms with Crippen molar-refractivity contribution in [2.45, 2.75) is 38.8 Å². The zero-order chi connectivity index (χ0) is 18.0. The van der Waals surface area contributed by atoms with E-state index in [0.717, 1.165) is 31.1 Å². The molecule has 0 saturated carbocycles.